The molecule has 0 saturated carbocycles. The molecule has 1 unspecified atom stereocenters. The summed E-state index contributed by atoms with van der Waals surface area (Å²) in [5.74, 6) is -0.655. The molecule has 0 bridgehead atoms. The first-order valence-corrected chi connectivity index (χ1v) is 4.88. The summed E-state index contributed by atoms with van der Waals surface area (Å²) in [5, 5.41) is 9.05. The van der Waals surface area contributed by atoms with E-state index in [1.54, 1.807) is 0 Å². The molecule has 5 nitrogen and oxygen atoms in total. The Morgan fingerprint density at radius 1 is 1.25 bits per heavy atom. The zero-order valence-electron chi connectivity index (χ0n) is 8.72. The minimum Gasteiger partial charge on any atom is -0.508 e. The summed E-state index contributed by atoms with van der Waals surface area (Å²) in [4.78, 5) is 22.2. The average Bonchev–Trinajstić information content (AvgIpc) is 2.26. The molecular weight excluding hydrogens is 208 g/mol. The van der Waals surface area contributed by atoms with E-state index in [9.17, 15) is 9.59 Å². The number of primary amides is 1. The number of phenols is 1. The van der Waals surface area contributed by atoms with Gasteiger partial charge in [-0.15, -0.1) is 0 Å². The minimum atomic E-state index is -0.739. The summed E-state index contributed by atoms with van der Waals surface area (Å²) in [7, 11) is 0. The number of phenolic OH excluding ortho intramolecular Hbond substituents is 1. The highest BCUT2D eigenvalue weighted by molar-refractivity contribution is 6.00. The quantitative estimate of drug-likeness (QED) is 0.617. The van der Waals surface area contributed by atoms with Gasteiger partial charge in [0.15, 0.2) is 5.78 Å². The highest BCUT2D eigenvalue weighted by Gasteiger charge is 2.16. The Kier molecular flexibility index (Phi) is 4.02. The van der Waals surface area contributed by atoms with Gasteiger partial charge in [0.1, 0.15) is 5.75 Å². The summed E-state index contributed by atoms with van der Waals surface area (Å²) in [6, 6.07) is 5.06. The summed E-state index contributed by atoms with van der Waals surface area (Å²) < 4.78 is 0. The van der Waals surface area contributed by atoms with E-state index in [-0.39, 0.29) is 24.4 Å². The van der Waals surface area contributed by atoms with E-state index in [0.717, 1.165) is 0 Å². The smallest absolute Gasteiger partial charge is 0.217 e. The number of nitrogens with two attached hydrogens (primary N) is 2. The lowest BCUT2D eigenvalue weighted by atomic mass is 10.0. The van der Waals surface area contributed by atoms with Crippen LogP contribution in [-0.2, 0) is 4.79 Å². The predicted octanol–water partition coefficient (Wildman–Crippen LogP) is 0.168. The van der Waals surface area contributed by atoms with Gasteiger partial charge in [-0.2, -0.15) is 0 Å². The Morgan fingerprint density at radius 3 is 2.31 bits per heavy atom. The number of carbonyl (C=O) groups is 2. The molecule has 5 heteroatoms. The van der Waals surface area contributed by atoms with E-state index < -0.39 is 11.9 Å². The van der Waals surface area contributed by atoms with Crippen LogP contribution in [0.15, 0.2) is 24.3 Å². The van der Waals surface area contributed by atoms with Crippen molar-refractivity contribution in [3.63, 3.8) is 0 Å². The first-order valence-electron chi connectivity index (χ1n) is 4.88. The first kappa shape index (κ1) is 12.2. The first-order chi connectivity index (χ1) is 7.50. The van der Waals surface area contributed by atoms with Crippen molar-refractivity contribution in [3.05, 3.63) is 29.8 Å². The van der Waals surface area contributed by atoms with Crippen molar-refractivity contribution in [1.29, 1.82) is 0 Å². The molecule has 5 N–H and O–H groups in total. The summed E-state index contributed by atoms with van der Waals surface area (Å²) in [6.45, 7) is 0. The lowest BCUT2D eigenvalue weighted by Crippen LogP contribution is -2.31. The molecule has 0 heterocycles. The highest BCUT2D eigenvalue weighted by atomic mass is 16.3. The number of hydrogen-bond donors (Lipinski definition) is 3. The number of ketones is 1. The lowest BCUT2D eigenvalue weighted by Gasteiger charge is -2.09. The van der Waals surface area contributed by atoms with Crippen LogP contribution in [-0.4, -0.2) is 22.8 Å². The second kappa shape index (κ2) is 5.27. The van der Waals surface area contributed by atoms with Crippen LogP contribution in [0.1, 0.15) is 23.2 Å². The van der Waals surface area contributed by atoms with E-state index in [4.69, 9.17) is 16.6 Å². The van der Waals surface area contributed by atoms with E-state index in [1.165, 1.54) is 24.3 Å². The summed E-state index contributed by atoms with van der Waals surface area (Å²) in [5.41, 5.74) is 11.0. The third kappa shape index (κ3) is 3.36. The molecule has 0 aliphatic rings. The molecule has 1 aromatic rings. The average molecular weight is 222 g/mol. The van der Waals surface area contributed by atoms with Crippen LogP contribution >= 0.6 is 0 Å². The van der Waals surface area contributed by atoms with Gasteiger partial charge in [-0.3, -0.25) is 9.59 Å². The van der Waals surface area contributed by atoms with Crippen molar-refractivity contribution in [1.82, 2.24) is 0 Å². The van der Waals surface area contributed by atoms with E-state index in [1.807, 2.05) is 0 Å². The van der Waals surface area contributed by atoms with Crippen molar-refractivity contribution in [2.75, 3.05) is 0 Å². The molecule has 0 aliphatic carbocycles. The number of rotatable bonds is 5. The summed E-state index contributed by atoms with van der Waals surface area (Å²) in [6.07, 6.45) is 0.319. The standard InChI is InChI=1S/C11H14N2O3/c12-9(5-6-10(13)15)11(16)7-1-3-8(14)4-2-7/h1-4,9,14H,5-6,12H2,(H2,13,15). The maximum Gasteiger partial charge on any atom is 0.217 e. The Labute approximate surface area is 93.1 Å². The van der Waals surface area contributed by atoms with Crippen molar-refractivity contribution >= 4 is 11.7 Å². The molecule has 0 spiro atoms. The molecule has 1 aromatic carbocycles. The van der Waals surface area contributed by atoms with Crippen molar-refractivity contribution in [2.45, 2.75) is 18.9 Å². The molecule has 0 radical (unpaired) electrons. The van der Waals surface area contributed by atoms with Gasteiger partial charge in [0.25, 0.3) is 0 Å². The highest BCUT2D eigenvalue weighted by Crippen LogP contribution is 2.12. The fraction of sp³-hybridized carbons (Fsp3) is 0.273. The topological polar surface area (TPSA) is 106 Å². The zero-order valence-corrected chi connectivity index (χ0v) is 8.72. The fourth-order valence-electron chi connectivity index (χ4n) is 1.27. The molecule has 86 valence electrons. The molecule has 1 atom stereocenters. The molecule has 0 fully saturated rings. The van der Waals surface area contributed by atoms with E-state index in [0.29, 0.717) is 5.56 Å². The third-order valence-corrected chi connectivity index (χ3v) is 2.19. The van der Waals surface area contributed by atoms with Crippen LogP contribution < -0.4 is 11.5 Å². The number of carbonyl (C=O) groups excluding carboxylic acids is 2. The van der Waals surface area contributed by atoms with Crippen LogP contribution in [0.2, 0.25) is 0 Å². The van der Waals surface area contributed by atoms with Crippen LogP contribution in [0.4, 0.5) is 0 Å². The van der Waals surface area contributed by atoms with Gasteiger partial charge in [0, 0.05) is 12.0 Å². The van der Waals surface area contributed by atoms with Gasteiger partial charge in [0.05, 0.1) is 6.04 Å². The Bertz CT molecular complexity index is 387. The molecule has 0 aliphatic heterocycles. The van der Waals surface area contributed by atoms with Gasteiger partial charge in [-0.25, -0.2) is 0 Å². The van der Waals surface area contributed by atoms with Crippen molar-refractivity contribution < 1.29 is 14.7 Å². The van der Waals surface area contributed by atoms with Crippen molar-refractivity contribution in [2.24, 2.45) is 11.5 Å². The Morgan fingerprint density at radius 2 is 1.81 bits per heavy atom. The zero-order chi connectivity index (χ0) is 12.1. The van der Waals surface area contributed by atoms with Gasteiger partial charge >= 0.3 is 0 Å². The van der Waals surface area contributed by atoms with E-state index >= 15 is 0 Å². The van der Waals surface area contributed by atoms with Crippen LogP contribution in [0.25, 0.3) is 0 Å². The van der Waals surface area contributed by atoms with Crippen LogP contribution in [0, 0.1) is 0 Å². The maximum atomic E-state index is 11.7. The number of hydrogen-bond acceptors (Lipinski definition) is 4. The third-order valence-electron chi connectivity index (χ3n) is 2.19. The van der Waals surface area contributed by atoms with Crippen molar-refractivity contribution in [3.8, 4) is 5.75 Å². The monoisotopic (exact) mass is 222 g/mol. The molecule has 0 aromatic heterocycles. The largest absolute Gasteiger partial charge is 0.508 e. The van der Waals surface area contributed by atoms with Gasteiger partial charge in [-0.1, -0.05) is 0 Å². The molecular formula is C11H14N2O3. The van der Waals surface area contributed by atoms with Crippen LogP contribution in [0.3, 0.4) is 0 Å². The van der Waals surface area contributed by atoms with Gasteiger partial charge in [-0.05, 0) is 30.7 Å². The number of aromatic hydroxyl groups is 1. The van der Waals surface area contributed by atoms with Gasteiger partial charge in [0.2, 0.25) is 5.91 Å². The SMILES string of the molecule is NC(=O)CCC(N)C(=O)c1ccc(O)cc1. The molecule has 1 amide bonds. The van der Waals surface area contributed by atoms with Crippen LogP contribution in [0.5, 0.6) is 5.75 Å². The Balaban J connectivity index is 2.63. The second-order valence-corrected chi connectivity index (χ2v) is 3.52. The lowest BCUT2D eigenvalue weighted by molar-refractivity contribution is -0.118. The number of Topliss-reactive ketones (excluding diaryl/α,β-unsaturated/α-hetero) is 1. The molecule has 1 rings (SSSR count). The second-order valence-electron chi connectivity index (χ2n) is 3.52. The molecule has 16 heavy (non-hydrogen) atoms. The normalized spacial score (nSPS) is 12.1. The summed E-state index contributed by atoms with van der Waals surface area (Å²) >= 11 is 0. The molecule has 0 saturated heterocycles. The maximum absolute atomic E-state index is 11.7. The Hall–Kier alpha value is -1.88. The fourth-order valence-corrected chi connectivity index (χ4v) is 1.27. The number of benzene rings is 1. The predicted molar refractivity (Wildman–Crippen MR) is 58.8 cm³/mol. The van der Waals surface area contributed by atoms with E-state index in [2.05, 4.69) is 0 Å². The van der Waals surface area contributed by atoms with Gasteiger partial charge < -0.3 is 16.6 Å². The number of amides is 1. The minimum absolute atomic E-state index is 0.0854.